The second kappa shape index (κ2) is 9.10. The Balaban J connectivity index is 1.32. The smallest absolute Gasteiger partial charge is 0.250 e. The molecule has 1 fully saturated rings. The number of aromatic nitrogens is 2. The minimum atomic E-state index is 0.0857. The summed E-state index contributed by atoms with van der Waals surface area (Å²) in [5, 5.41) is 0.946. The van der Waals surface area contributed by atoms with Crippen LogP contribution in [0.1, 0.15) is 39.6 Å². The van der Waals surface area contributed by atoms with E-state index in [2.05, 4.69) is 40.7 Å². The number of benzene rings is 2. The molecule has 4 aromatic rings. The summed E-state index contributed by atoms with van der Waals surface area (Å²) in [4.78, 5) is 28.5. The zero-order valence-corrected chi connectivity index (χ0v) is 20.8. The molecule has 0 aliphatic carbocycles. The summed E-state index contributed by atoms with van der Waals surface area (Å²) in [5.74, 6) is 1.58. The third-order valence-corrected chi connectivity index (χ3v) is 7.92. The van der Waals surface area contributed by atoms with E-state index in [0.29, 0.717) is 24.9 Å². The van der Waals surface area contributed by atoms with E-state index in [1.165, 1.54) is 5.56 Å². The number of carbonyl (C=O) groups excluding carboxylic acids is 1. The fraction of sp³-hybridized carbons (Fsp3) is 0.333. The highest BCUT2D eigenvalue weighted by Crippen LogP contribution is 2.36. The minimum Gasteiger partial charge on any atom is -0.497 e. The molecule has 2 atom stereocenters. The summed E-state index contributed by atoms with van der Waals surface area (Å²) in [6.07, 6.45) is 1.08. The number of ketones is 1. The van der Waals surface area contributed by atoms with Gasteiger partial charge in [0.25, 0.3) is 5.56 Å². The summed E-state index contributed by atoms with van der Waals surface area (Å²) in [7, 11) is 1.66. The van der Waals surface area contributed by atoms with Crippen LogP contribution in [-0.4, -0.2) is 46.6 Å². The van der Waals surface area contributed by atoms with Crippen molar-refractivity contribution < 1.29 is 9.53 Å². The minimum absolute atomic E-state index is 0.0857. The average molecular weight is 482 g/mol. The van der Waals surface area contributed by atoms with Gasteiger partial charge in [-0.1, -0.05) is 36.4 Å². The van der Waals surface area contributed by atoms with Gasteiger partial charge in [0.2, 0.25) is 0 Å². The van der Waals surface area contributed by atoms with Crippen molar-refractivity contribution in [3.05, 3.63) is 99.6 Å². The second-order valence-corrected chi connectivity index (χ2v) is 10.2. The Kier molecular flexibility index (Phi) is 5.76. The Hall–Kier alpha value is -3.64. The van der Waals surface area contributed by atoms with Crippen LogP contribution >= 0.6 is 0 Å². The third kappa shape index (κ3) is 3.95. The van der Waals surface area contributed by atoms with Crippen molar-refractivity contribution in [3.63, 3.8) is 0 Å². The number of ether oxygens (including phenoxy) is 1. The van der Waals surface area contributed by atoms with Crippen molar-refractivity contribution in [2.75, 3.05) is 26.7 Å². The van der Waals surface area contributed by atoms with Crippen LogP contribution in [0.25, 0.3) is 10.9 Å². The molecule has 2 bridgehead atoms. The van der Waals surface area contributed by atoms with Gasteiger partial charge in [-0.15, -0.1) is 0 Å². The van der Waals surface area contributed by atoms with Crippen molar-refractivity contribution in [1.82, 2.24) is 14.0 Å². The number of Topliss-reactive ketones (excluding diaryl/α,β-unsaturated/α-hetero) is 1. The van der Waals surface area contributed by atoms with Gasteiger partial charge in [-0.25, -0.2) is 0 Å². The molecule has 184 valence electrons. The van der Waals surface area contributed by atoms with Gasteiger partial charge in [0, 0.05) is 66.0 Å². The van der Waals surface area contributed by atoms with E-state index in [1.807, 2.05) is 41.0 Å². The van der Waals surface area contributed by atoms with Crippen LogP contribution in [0.4, 0.5) is 0 Å². The van der Waals surface area contributed by atoms with E-state index in [9.17, 15) is 9.59 Å². The van der Waals surface area contributed by atoms with Crippen LogP contribution in [0.15, 0.2) is 71.5 Å². The quantitative estimate of drug-likeness (QED) is 0.382. The van der Waals surface area contributed by atoms with Crippen molar-refractivity contribution in [1.29, 1.82) is 0 Å². The first-order chi connectivity index (χ1) is 17.5. The molecule has 2 aliphatic heterocycles. The molecule has 0 saturated carbocycles. The number of carbonyl (C=O) groups is 1. The molecule has 4 heterocycles. The highest BCUT2D eigenvalue weighted by molar-refractivity contribution is 6.10. The Bertz CT molecular complexity index is 1500. The Labute approximate surface area is 210 Å². The van der Waals surface area contributed by atoms with Crippen LogP contribution in [0.5, 0.6) is 5.75 Å². The van der Waals surface area contributed by atoms with Gasteiger partial charge in [0.15, 0.2) is 5.78 Å². The lowest BCUT2D eigenvalue weighted by molar-refractivity contribution is 0.0818. The Morgan fingerprint density at radius 3 is 2.64 bits per heavy atom. The first-order valence-corrected chi connectivity index (χ1v) is 12.7. The molecule has 2 aromatic heterocycles. The predicted octanol–water partition coefficient (Wildman–Crippen LogP) is 4.47. The van der Waals surface area contributed by atoms with Crippen LogP contribution < -0.4 is 10.3 Å². The number of hydrogen-bond acceptors (Lipinski definition) is 4. The molecule has 2 aliphatic rings. The van der Waals surface area contributed by atoms with Gasteiger partial charge in [0.1, 0.15) is 5.75 Å². The van der Waals surface area contributed by atoms with Gasteiger partial charge in [-0.2, -0.15) is 0 Å². The van der Waals surface area contributed by atoms with Crippen molar-refractivity contribution >= 4 is 16.7 Å². The lowest BCUT2D eigenvalue weighted by atomic mass is 9.83. The number of hydrogen-bond donors (Lipinski definition) is 0. The molecule has 6 heteroatoms. The van der Waals surface area contributed by atoms with Gasteiger partial charge in [0.05, 0.1) is 13.7 Å². The average Bonchev–Trinajstić information content (AvgIpc) is 3.15. The van der Waals surface area contributed by atoms with Crippen molar-refractivity contribution in [2.45, 2.75) is 32.4 Å². The van der Waals surface area contributed by atoms with E-state index in [0.717, 1.165) is 59.7 Å². The molecule has 1 unspecified atom stereocenters. The van der Waals surface area contributed by atoms with E-state index in [1.54, 1.807) is 13.2 Å². The normalized spacial score (nSPS) is 19.3. The van der Waals surface area contributed by atoms with Gasteiger partial charge < -0.3 is 13.9 Å². The molecule has 36 heavy (non-hydrogen) atoms. The monoisotopic (exact) mass is 481 g/mol. The largest absolute Gasteiger partial charge is 0.497 e. The maximum atomic E-state index is 13.9. The summed E-state index contributed by atoms with van der Waals surface area (Å²) in [6.45, 7) is 5.53. The second-order valence-electron chi connectivity index (χ2n) is 10.2. The molecule has 0 spiro atoms. The number of nitrogens with zero attached hydrogens (tertiary/aromatic N) is 3. The van der Waals surface area contributed by atoms with Crippen LogP contribution in [-0.2, 0) is 13.1 Å². The van der Waals surface area contributed by atoms with E-state index >= 15 is 0 Å². The Morgan fingerprint density at radius 2 is 1.83 bits per heavy atom. The first-order valence-electron chi connectivity index (χ1n) is 12.7. The van der Waals surface area contributed by atoms with Crippen molar-refractivity contribution in [3.8, 4) is 5.75 Å². The molecule has 0 radical (unpaired) electrons. The summed E-state index contributed by atoms with van der Waals surface area (Å²) in [6, 6.07) is 21.9. The van der Waals surface area contributed by atoms with Crippen molar-refractivity contribution in [2.24, 2.45) is 5.92 Å². The maximum absolute atomic E-state index is 13.9. The maximum Gasteiger partial charge on any atom is 0.250 e. The molecule has 6 nitrogen and oxygen atoms in total. The van der Waals surface area contributed by atoms with E-state index in [4.69, 9.17) is 4.74 Å². The summed E-state index contributed by atoms with van der Waals surface area (Å²) in [5.41, 5.74) is 5.21. The van der Waals surface area contributed by atoms with Crippen LogP contribution in [0.2, 0.25) is 0 Å². The number of methoxy groups -OCH3 is 1. The number of piperidine rings is 1. The molecule has 1 saturated heterocycles. The molecule has 0 N–H and O–H groups in total. The number of pyridine rings is 1. The lowest BCUT2D eigenvalue weighted by Gasteiger charge is -2.42. The number of likely N-dealkylation sites (tertiary alicyclic amines) is 1. The standard InChI is InChI=1S/C30H31N3O3/c1-20-30(25-14-24(36-2)11-12-27(25)32(20)16-21-7-4-3-5-8-21)28(34)19-31-15-22-13-23(18-31)26-9-6-10-29(35)33(26)17-22/h3-12,14,22-23H,13,15-19H2,1-2H3/t22?,23-/m0/s1. The number of fused-ring (bicyclic) bond motifs is 5. The Morgan fingerprint density at radius 1 is 1.00 bits per heavy atom. The molecule has 2 aromatic carbocycles. The van der Waals surface area contributed by atoms with E-state index in [-0.39, 0.29) is 11.3 Å². The topological polar surface area (TPSA) is 56.5 Å². The molecular weight excluding hydrogens is 450 g/mol. The van der Waals surface area contributed by atoms with Crippen LogP contribution in [0, 0.1) is 12.8 Å². The summed E-state index contributed by atoms with van der Waals surface area (Å²) >= 11 is 0. The lowest BCUT2D eigenvalue weighted by Crippen LogP contribution is -2.48. The fourth-order valence-corrected chi connectivity index (χ4v) is 6.32. The highest BCUT2D eigenvalue weighted by Gasteiger charge is 2.35. The van der Waals surface area contributed by atoms with Gasteiger partial charge >= 0.3 is 0 Å². The first kappa shape index (κ1) is 22.8. The molecule has 0 amide bonds. The third-order valence-electron chi connectivity index (χ3n) is 7.92. The predicted molar refractivity (Wildman–Crippen MR) is 141 cm³/mol. The molecular formula is C30H31N3O3. The zero-order valence-electron chi connectivity index (χ0n) is 20.8. The molecule has 6 rings (SSSR count). The zero-order chi connectivity index (χ0) is 24.8. The fourth-order valence-electron chi connectivity index (χ4n) is 6.32. The summed E-state index contributed by atoms with van der Waals surface area (Å²) < 4.78 is 9.69. The van der Waals surface area contributed by atoms with Gasteiger partial charge in [-0.3, -0.25) is 14.5 Å². The van der Waals surface area contributed by atoms with Gasteiger partial charge in [-0.05, 0) is 49.1 Å². The SMILES string of the molecule is COc1ccc2c(c1)c(C(=O)CN1CC3C[C@@H](C1)c1cccc(=O)n1C3)c(C)n2Cc1ccccc1. The van der Waals surface area contributed by atoms with Crippen LogP contribution in [0.3, 0.4) is 0 Å². The van der Waals surface area contributed by atoms with E-state index < -0.39 is 0 Å². The number of rotatable bonds is 6. The highest BCUT2D eigenvalue weighted by atomic mass is 16.5.